The van der Waals surface area contributed by atoms with Gasteiger partial charge in [-0.3, -0.25) is 0 Å². The molecule has 0 N–H and O–H groups in total. The van der Waals surface area contributed by atoms with Gasteiger partial charge in [-0.15, -0.1) is 0 Å². The van der Waals surface area contributed by atoms with Gasteiger partial charge in [-0.2, -0.15) is 0 Å². The third kappa shape index (κ3) is 1.47. The molecule has 0 aliphatic rings. The number of aromatic nitrogens is 1. The van der Waals surface area contributed by atoms with E-state index in [9.17, 15) is 0 Å². The van der Waals surface area contributed by atoms with Crippen LogP contribution in [0.25, 0.3) is 11.1 Å². The van der Waals surface area contributed by atoms with E-state index < -0.39 is 0 Å². The number of nitrogens with zero attached hydrogens (tertiary/aromatic N) is 1. The summed E-state index contributed by atoms with van der Waals surface area (Å²) in [7, 11) is 0. The molecule has 1 aromatic heterocycles. The second-order valence-electron chi connectivity index (χ2n) is 2.69. The Labute approximate surface area is 80.7 Å². The Bertz CT molecular complexity index is 447. The normalized spacial score (nSPS) is 10.5. The fourth-order valence-corrected chi connectivity index (χ4v) is 1.61. The Morgan fingerprint density at radius 1 is 1.54 bits per heavy atom. The first kappa shape index (κ1) is 8.38. The van der Waals surface area contributed by atoms with Crippen LogP contribution in [0.1, 0.15) is 5.56 Å². The van der Waals surface area contributed by atoms with E-state index in [4.69, 9.17) is 4.42 Å². The quantitative estimate of drug-likeness (QED) is 0.681. The number of benzene rings is 1. The number of hydrogen-bond donors (Lipinski definition) is 0. The van der Waals surface area contributed by atoms with Crippen molar-refractivity contribution in [2.24, 2.45) is 0 Å². The van der Waals surface area contributed by atoms with Crippen molar-refractivity contribution in [2.45, 2.75) is 12.1 Å². The summed E-state index contributed by atoms with van der Waals surface area (Å²) in [6.45, 7) is 5.63. The van der Waals surface area contributed by atoms with Gasteiger partial charge in [-0.1, -0.05) is 18.7 Å². The third-order valence-corrected chi connectivity index (χ3v) is 2.33. The van der Waals surface area contributed by atoms with Crippen molar-refractivity contribution in [1.29, 1.82) is 0 Å². The molecule has 0 saturated heterocycles. The van der Waals surface area contributed by atoms with E-state index in [0.29, 0.717) is 5.22 Å². The average Bonchev–Trinajstić information content (AvgIpc) is 2.49. The third-order valence-electron chi connectivity index (χ3n) is 1.79. The van der Waals surface area contributed by atoms with Gasteiger partial charge in [0.15, 0.2) is 5.58 Å². The molecule has 0 bridgehead atoms. The SMILES string of the molecule is C=CSc1nc2c(C)cccc2o1. The smallest absolute Gasteiger partial charge is 0.261 e. The van der Waals surface area contributed by atoms with Crippen LogP contribution in [0.3, 0.4) is 0 Å². The number of hydrogen-bond acceptors (Lipinski definition) is 3. The fraction of sp³-hybridized carbons (Fsp3) is 0.100. The number of aryl methyl sites for hydroxylation is 1. The molecule has 2 aromatic rings. The second-order valence-corrected chi connectivity index (χ2v) is 3.60. The van der Waals surface area contributed by atoms with Crippen molar-refractivity contribution < 1.29 is 4.42 Å². The Balaban J connectivity index is 2.61. The second kappa shape index (κ2) is 3.26. The monoisotopic (exact) mass is 191 g/mol. The molecule has 0 saturated carbocycles. The van der Waals surface area contributed by atoms with Gasteiger partial charge in [-0.05, 0) is 35.7 Å². The first-order valence-electron chi connectivity index (χ1n) is 3.95. The summed E-state index contributed by atoms with van der Waals surface area (Å²) in [5.74, 6) is 0. The molecule has 0 spiro atoms. The van der Waals surface area contributed by atoms with Gasteiger partial charge in [0.05, 0.1) is 0 Å². The van der Waals surface area contributed by atoms with Gasteiger partial charge < -0.3 is 4.42 Å². The van der Waals surface area contributed by atoms with Crippen LogP contribution in [0.15, 0.2) is 39.8 Å². The minimum Gasteiger partial charge on any atom is -0.431 e. The molecule has 3 heteroatoms. The van der Waals surface area contributed by atoms with E-state index in [-0.39, 0.29) is 0 Å². The molecule has 0 aliphatic heterocycles. The zero-order valence-electron chi connectivity index (χ0n) is 7.28. The maximum absolute atomic E-state index is 5.47. The van der Waals surface area contributed by atoms with Crippen LogP contribution >= 0.6 is 11.8 Å². The predicted molar refractivity (Wildman–Crippen MR) is 54.8 cm³/mol. The summed E-state index contributed by atoms with van der Waals surface area (Å²) in [6.07, 6.45) is 0. The lowest BCUT2D eigenvalue weighted by Gasteiger charge is -1.88. The van der Waals surface area contributed by atoms with Gasteiger partial charge >= 0.3 is 0 Å². The molecule has 2 nitrogen and oxygen atoms in total. The molecule has 66 valence electrons. The zero-order chi connectivity index (χ0) is 9.26. The average molecular weight is 191 g/mol. The van der Waals surface area contributed by atoms with Crippen molar-refractivity contribution in [3.8, 4) is 0 Å². The molecule has 1 heterocycles. The van der Waals surface area contributed by atoms with Gasteiger partial charge in [-0.25, -0.2) is 4.98 Å². The lowest BCUT2D eigenvalue weighted by Crippen LogP contribution is -1.73. The van der Waals surface area contributed by atoms with Gasteiger partial charge in [0.2, 0.25) is 0 Å². The Morgan fingerprint density at radius 2 is 2.38 bits per heavy atom. The lowest BCUT2D eigenvalue weighted by atomic mass is 10.2. The van der Waals surface area contributed by atoms with Crippen molar-refractivity contribution in [3.05, 3.63) is 35.7 Å². The largest absolute Gasteiger partial charge is 0.431 e. The van der Waals surface area contributed by atoms with Gasteiger partial charge in [0, 0.05) is 0 Å². The maximum atomic E-state index is 5.47. The summed E-state index contributed by atoms with van der Waals surface area (Å²) in [5, 5.41) is 2.36. The molecule has 1 aromatic carbocycles. The Hall–Kier alpha value is -1.22. The Kier molecular flexibility index (Phi) is 2.10. The topological polar surface area (TPSA) is 26.0 Å². The molecule has 0 fully saturated rings. The standard InChI is InChI=1S/C10H9NOS/c1-3-13-10-11-9-7(2)5-4-6-8(9)12-10/h3-6H,1H2,2H3. The molecule has 0 atom stereocenters. The molecular weight excluding hydrogens is 182 g/mol. The van der Waals surface area contributed by atoms with Crippen LogP contribution in [-0.2, 0) is 0 Å². The summed E-state index contributed by atoms with van der Waals surface area (Å²) >= 11 is 1.40. The van der Waals surface area contributed by atoms with Crippen LogP contribution in [0, 0.1) is 6.92 Å². The zero-order valence-corrected chi connectivity index (χ0v) is 8.10. The predicted octanol–water partition coefficient (Wildman–Crippen LogP) is 3.37. The minimum absolute atomic E-state index is 0.652. The van der Waals surface area contributed by atoms with Crippen molar-refractivity contribution >= 4 is 22.9 Å². The van der Waals surface area contributed by atoms with E-state index in [1.54, 1.807) is 5.41 Å². The van der Waals surface area contributed by atoms with E-state index in [2.05, 4.69) is 11.6 Å². The van der Waals surface area contributed by atoms with Gasteiger partial charge in [0.1, 0.15) is 5.52 Å². The van der Waals surface area contributed by atoms with Crippen molar-refractivity contribution in [3.63, 3.8) is 0 Å². The number of para-hydroxylation sites is 1. The lowest BCUT2D eigenvalue weighted by molar-refractivity contribution is 0.490. The molecule has 2 rings (SSSR count). The molecule has 13 heavy (non-hydrogen) atoms. The first-order chi connectivity index (χ1) is 6.31. The van der Waals surface area contributed by atoms with Crippen molar-refractivity contribution in [1.82, 2.24) is 4.98 Å². The van der Waals surface area contributed by atoms with Crippen LogP contribution in [0.4, 0.5) is 0 Å². The highest BCUT2D eigenvalue weighted by atomic mass is 32.2. The highest BCUT2D eigenvalue weighted by molar-refractivity contribution is 8.01. The van der Waals surface area contributed by atoms with E-state index >= 15 is 0 Å². The van der Waals surface area contributed by atoms with E-state index in [0.717, 1.165) is 16.7 Å². The summed E-state index contributed by atoms with van der Waals surface area (Å²) in [5.41, 5.74) is 2.91. The van der Waals surface area contributed by atoms with E-state index in [1.807, 2.05) is 25.1 Å². The number of rotatable bonds is 2. The molecule has 0 amide bonds. The fourth-order valence-electron chi connectivity index (χ4n) is 1.19. The van der Waals surface area contributed by atoms with Gasteiger partial charge in [0.25, 0.3) is 5.22 Å². The van der Waals surface area contributed by atoms with Crippen LogP contribution < -0.4 is 0 Å². The van der Waals surface area contributed by atoms with Crippen molar-refractivity contribution in [2.75, 3.05) is 0 Å². The molecular formula is C10H9NOS. The highest BCUT2D eigenvalue weighted by Crippen LogP contribution is 2.25. The number of thioether (sulfide) groups is 1. The van der Waals surface area contributed by atoms with Crippen LogP contribution in [0.2, 0.25) is 0 Å². The first-order valence-corrected chi connectivity index (χ1v) is 4.83. The number of fused-ring (bicyclic) bond motifs is 1. The summed E-state index contributed by atoms with van der Waals surface area (Å²) in [6, 6.07) is 5.90. The van der Waals surface area contributed by atoms with Crippen LogP contribution in [-0.4, -0.2) is 4.98 Å². The van der Waals surface area contributed by atoms with E-state index in [1.165, 1.54) is 11.8 Å². The minimum atomic E-state index is 0.652. The Morgan fingerprint density at radius 3 is 3.08 bits per heavy atom. The summed E-state index contributed by atoms with van der Waals surface area (Å²) in [4.78, 5) is 4.33. The highest BCUT2D eigenvalue weighted by Gasteiger charge is 2.05. The number of oxazole rings is 1. The summed E-state index contributed by atoms with van der Waals surface area (Å²) < 4.78 is 5.47. The molecule has 0 aliphatic carbocycles. The molecule has 0 radical (unpaired) electrons. The molecule has 0 unspecified atom stereocenters. The van der Waals surface area contributed by atoms with Crippen LogP contribution in [0.5, 0.6) is 0 Å². The maximum Gasteiger partial charge on any atom is 0.261 e.